The molecule has 2 rings (SSSR count). The van der Waals surface area contributed by atoms with E-state index in [1.54, 1.807) is 18.3 Å². The average molecular weight is 249 g/mol. The summed E-state index contributed by atoms with van der Waals surface area (Å²) < 4.78 is 5.38. The van der Waals surface area contributed by atoms with Gasteiger partial charge in [0.2, 0.25) is 11.8 Å². The van der Waals surface area contributed by atoms with E-state index in [1.807, 2.05) is 6.92 Å². The van der Waals surface area contributed by atoms with E-state index < -0.39 is 0 Å². The lowest BCUT2D eigenvalue weighted by molar-refractivity contribution is -0.129. The van der Waals surface area contributed by atoms with Gasteiger partial charge in [-0.1, -0.05) is 6.42 Å². The minimum atomic E-state index is -0.390. The van der Waals surface area contributed by atoms with Crippen LogP contribution in [0.3, 0.4) is 0 Å². The molecule has 1 saturated carbocycles. The fraction of sp³-hybridized carbons (Fsp3) is 0.538. The Morgan fingerprint density at radius 3 is 2.94 bits per heavy atom. The topological polar surface area (TPSA) is 77.2 Å². The Morgan fingerprint density at radius 1 is 1.61 bits per heavy atom. The molecule has 1 amide bonds. The highest BCUT2D eigenvalue weighted by Crippen LogP contribution is 2.41. The van der Waals surface area contributed by atoms with Crippen molar-refractivity contribution in [3.63, 3.8) is 0 Å². The van der Waals surface area contributed by atoms with Gasteiger partial charge in [-0.25, -0.2) is 4.98 Å². The Morgan fingerprint density at radius 2 is 2.39 bits per heavy atom. The molecule has 1 aromatic rings. The van der Waals surface area contributed by atoms with Crippen LogP contribution in [0.15, 0.2) is 18.3 Å². The molecule has 1 aliphatic rings. The minimum absolute atomic E-state index is 0.0230. The first kappa shape index (κ1) is 12.8. The van der Waals surface area contributed by atoms with Crippen molar-refractivity contribution in [3.05, 3.63) is 18.3 Å². The van der Waals surface area contributed by atoms with Crippen LogP contribution in [0.2, 0.25) is 0 Å². The van der Waals surface area contributed by atoms with Crippen LogP contribution in [-0.4, -0.2) is 24.0 Å². The first-order chi connectivity index (χ1) is 8.72. The lowest BCUT2D eigenvalue weighted by Crippen LogP contribution is -2.47. The zero-order chi connectivity index (χ0) is 13.0. The van der Waals surface area contributed by atoms with Crippen LogP contribution >= 0.6 is 0 Å². The number of carbonyl (C=O) groups is 1. The highest BCUT2D eigenvalue weighted by atomic mass is 16.5. The molecule has 0 atom stereocenters. The predicted octanol–water partition coefficient (Wildman–Crippen LogP) is 1.55. The normalized spacial score (nSPS) is 16.8. The molecule has 1 heterocycles. The van der Waals surface area contributed by atoms with Gasteiger partial charge in [0.05, 0.1) is 12.0 Å². The first-order valence-corrected chi connectivity index (χ1v) is 6.31. The van der Waals surface area contributed by atoms with E-state index in [9.17, 15) is 4.79 Å². The zero-order valence-electron chi connectivity index (χ0n) is 10.6. The Bertz CT molecular complexity index is 424. The minimum Gasteiger partial charge on any atom is -0.476 e. The summed E-state index contributed by atoms with van der Waals surface area (Å²) in [6.07, 6.45) is 4.43. The number of nitrogens with zero attached hydrogens (tertiary/aromatic N) is 1. The monoisotopic (exact) mass is 249 g/mol. The van der Waals surface area contributed by atoms with Crippen molar-refractivity contribution in [1.29, 1.82) is 0 Å². The molecule has 1 aromatic heterocycles. The molecule has 18 heavy (non-hydrogen) atoms. The molecule has 0 radical (unpaired) electrons. The number of hydrogen-bond acceptors (Lipinski definition) is 4. The fourth-order valence-electron chi connectivity index (χ4n) is 2.12. The summed E-state index contributed by atoms with van der Waals surface area (Å²) in [4.78, 5) is 16.3. The van der Waals surface area contributed by atoms with Crippen LogP contribution in [0.1, 0.15) is 26.2 Å². The highest BCUT2D eigenvalue weighted by molar-refractivity contribution is 5.97. The number of rotatable bonds is 5. The number of pyridine rings is 1. The molecule has 0 aliphatic heterocycles. The number of ether oxygens (including phenoxy) is 1. The standard InChI is InChI=1S/C13H19N3O2/c1-2-18-11-10(5-3-8-15-11)16-12(17)13(9-14)6-4-7-13/h3,5,8H,2,4,6-7,9,14H2,1H3,(H,16,17). The van der Waals surface area contributed by atoms with Crippen LogP contribution in [-0.2, 0) is 4.79 Å². The summed E-state index contributed by atoms with van der Waals surface area (Å²) in [6.45, 7) is 2.79. The van der Waals surface area contributed by atoms with Gasteiger partial charge in [0.15, 0.2) is 0 Å². The maximum atomic E-state index is 12.2. The number of hydrogen-bond donors (Lipinski definition) is 2. The maximum Gasteiger partial charge on any atom is 0.237 e. The second-order valence-electron chi connectivity index (χ2n) is 4.58. The first-order valence-electron chi connectivity index (χ1n) is 6.31. The van der Waals surface area contributed by atoms with Gasteiger partial charge < -0.3 is 15.8 Å². The molecular weight excluding hydrogens is 230 g/mol. The van der Waals surface area contributed by atoms with E-state index in [0.717, 1.165) is 19.3 Å². The second kappa shape index (κ2) is 5.35. The average Bonchev–Trinajstić information content (AvgIpc) is 2.31. The van der Waals surface area contributed by atoms with E-state index in [4.69, 9.17) is 10.5 Å². The number of nitrogens with one attached hydrogen (secondary N) is 1. The Kier molecular flexibility index (Phi) is 3.81. The summed E-state index contributed by atoms with van der Waals surface area (Å²) in [5.41, 5.74) is 5.94. The van der Waals surface area contributed by atoms with E-state index in [-0.39, 0.29) is 11.3 Å². The van der Waals surface area contributed by atoms with Gasteiger partial charge >= 0.3 is 0 Å². The third-order valence-electron chi connectivity index (χ3n) is 3.48. The number of carbonyl (C=O) groups excluding carboxylic acids is 1. The van der Waals surface area contributed by atoms with Crippen molar-refractivity contribution < 1.29 is 9.53 Å². The Hall–Kier alpha value is -1.62. The van der Waals surface area contributed by atoms with Crippen molar-refractivity contribution in [3.8, 4) is 5.88 Å². The molecule has 0 unspecified atom stereocenters. The van der Waals surface area contributed by atoms with E-state index in [0.29, 0.717) is 24.7 Å². The van der Waals surface area contributed by atoms with Crippen molar-refractivity contribution in [2.45, 2.75) is 26.2 Å². The SMILES string of the molecule is CCOc1ncccc1NC(=O)C1(CN)CCC1. The number of nitrogens with two attached hydrogens (primary N) is 1. The molecule has 0 bridgehead atoms. The molecule has 5 nitrogen and oxygen atoms in total. The summed E-state index contributed by atoms with van der Waals surface area (Å²) in [7, 11) is 0. The lowest BCUT2D eigenvalue weighted by atomic mass is 9.68. The number of anilines is 1. The van der Waals surface area contributed by atoms with Crippen molar-refractivity contribution >= 4 is 11.6 Å². The third kappa shape index (κ3) is 2.31. The molecule has 0 aromatic carbocycles. The zero-order valence-corrected chi connectivity index (χ0v) is 10.6. The van der Waals surface area contributed by atoms with E-state index in [2.05, 4.69) is 10.3 Å². The Labute approximate surface area is 107 Å². The summed E-state index contributed by atoms with van der Waals surface area (Å²) in [6, 6.07) is 3.56. The molecule has 0 saturated heterocycles. The Balaban J connectivity index is 2.11. The van der Waals surface area contributed by atoms with Gasteiger partial charge in [0.1, 0.15) is 5.69 Å². The van der Waals surface area contributed by atoms with Crippen LogP contribution in [0, 0.1) is 5.41 Å². The summed E-state index contributed by atoms with van der Waals surface area (Å²) >= 11 is 0. The van der Waals surface area contributed by atoms with Gasteiger partial charge in [0.25, 0.3) is 0 Å². The largest absolute Gasteiger partial charge is 0.476 e. The van der Waals surface area contributed by atoms with Gasteiger partial charge in [0, 0.05) is 12.7 Å². The molecule has 5 heteroatoms. The molecule has 1 fully saturated rings. The lowest BCUT2D eigenvalue weighted by Gasteiger charge is -2.39. The third-order valence-corrected chi connectivity index (χ3v) is 3.48. The number of amides is 1. The van der Waals surface area contributed by atoms with E-state index >= 15 is 0 Å². The molecule has 98 valence electrons. The van der Waals surface area contributed by atoms with Crippen LogP contribution < -0.4 is 15.8 Å². The van der Waals surface area contributed by atoms with Gasteiger partial charge in [-0.2, -0.15) is 0 Å². The maximum absolute atomic E-state index is 12.2. The number of aromatic nitrogens is 1. The summed E-state index contributed by atoms with van der Waals surface area (Å²) in [5.74, 6) is 0.435. The quantitative estimate of drug-likeness (QED) is 0.830. The second-order valence-corrected chi connectivity index (χ2v) is 4.58. The van der Waals surface area contributed by atoms with Gasteiger partial charge in [-0.15, -0.1) is 0 Å². The van der Waals surface area contributed by atoms with Gasteiger partial charge in [-0.05, 0) is 31.9 Å². The highest BCUT2D eigenvalue weighted by Gasteiger charge is 2.43. The molecule has 3 N–H and O–H groups in total. The van der Waals surface area contributed by atoms with Gasteiger partial charge in [-0.3, -0.25) is 4.79 Å². The molecule has 1 aliphatic carbocycles. The predicted molar refractivity (Wildman–Crippen MR) is 69.4 cm³/mol. The van der Waals surface area contributed by atoms with Crippen molar-refractivity contribution in [1.82, 2.24) is 4.98 Å². The van der Waals surface area contributed by atoms with E-state index in [1.165, 1.54) is 0 Å². The molecular formula is C13H19N3O2. The smallest absolute Gasteiger partial charge is 0.237 e. The van der Waals surface area contributed by atoms with Crippen LogP contribution in [0.4, 0.5) is 5.69 Å². The summed E-state index contributed by atoms with van der Waals surface area (Å²) in [5, 5.41) is 2.88. The van der Waals surface area contributed by atoms with Crippen molar-refractivity contribution in [2.75, 3.05) is 18.5 Å². The van der Waals surface area contributed by atoms with Crippen LogP contribution in [0.25, 0.3) is 0 Å². The van der Waals surface area contributed by atoms with Crippen molar-refractivity contribution in [2.24, 2.45) is 11.1 Å². The molecule has 0 spiro atoms. The fourth-order valence-corrected chi connectivity index (χ4v) is 2.12. The van der Waals surface area contributed by atoms with Crippen LogP contribution in [0.5, 0.6) is 5.88 Å².